The number of likely N-dealkylation sites (N-methyl/N-ethyl adjacent to an activating group) is 1. The lowest BCUT2D eigenvalue weighted by Gasteiger charge is -2.35. The van der Waals surface area contributed by atoms with Crippen LogP contribution in [0.25, 0.3) is 0 Å². The van der Waals surface area contributed by atoms with Crippen molar-refractivity contribution in [3.05, 3.63) is 12.2 Å². The van der Waals surface area contributed by atoms with Gasteiger partial charge in [-0.05, 0) is 33.4 Å². The summed E-state index contributed by atoms with van der Waals surface area (Å²) >= 11 is 0. The summed E-state index contributed by atoms with van der Waals surface area (Å²) in [7, 11) is 4.05. The third-order valence-electron chi connectivity index (χ3n) is 2.19. The maximum Gasteiger partial charge on any atom is 0.0873 e. The Morgan fingerprint density at radius 2 is 2.20 bits per heavy atom. The van der Waals surface area contributed by atoms with Crippen LogP contribution in [0.5, 0.6) is 0 Å². The van der Waals surface area contributed by atoms with E-state index in [2.05, 4.69) is 17.1 Å². The highest BCUT2D eigenvalue weighted by Gasteiger charge is 2.24. The van der Waals surface area contributed by atoms with Crippen molar-refractivity contribution < 1.29 is 0 Å². The first-order valence-corrected chi connectivity index (χ1v) is 3.79. The maximum atomic E-state index is 6.04. The Hall–Kier alpha value is -0.340. The molecular weight excluding hydrogens is 124 g/mol. The molecule has 2 nitrogen and oxygen atoms in total. The van der Waals surface area contributed by atoms with Gasteiger partial charge in [-0.1, -0.05) is 12.2 Å². The van der Waals surface area contributed by atoms with E-state index in [1.54, 1.807) is 0 Å². The fourth-order valence-corrected chi connectivity index (χ4v) is 1.25. The molecule has 1 aliphatic rings. The van der Waals surface area contributed by atoms with Crippen LogP contribution in [0.4, 0.5) is 0 Å². The number of hydrogen-bond acceptors (Lipinski definition) is 2. The lowest BCUT2D eigenvalue weighted by atomic mass is 9.96. The normalized spacial score (nSPS) is 33.2. The second-order valence-corrected chi connectivity index (χ2v) is 3.18. The molecule has 0 heterocycles. The second-order valence-electron chi connectivity index (χ2n) is 3.18. The molecule has 1 rings (SSSR count). The molecule has 0 fully saturated rings. The predicted molar refractivity (Wildman–Crippen MR) is 43.6 cm³/mol. The largest absolute Gasteiger partial charge is 0.310 e. The maximum absolute atomic E-state index is 6.04. The van der Waals surface area contributed by atoms with Crippen molar-refractivity contribution in [3.63, 3.8) is 0 Å². The number of rotatable bonds is 1. The van der Waals surface area contributed by atoms with Gasteiger partial charge in [-0.25, -0.2) is 0 Å². The molecule has 0 aliphatic heterocycles. The third-order valence-corrected chi connectivity index (χ3v) is 2.19. The first-order chi connectivity index (χ1) is 4.65. The first-order valence-electron chi connectivity index (χ1n) is 3.79. The van der Waals surface area contributed by atoms with E-state index in [0.29, 0.717) is 0 Å². The van der Waals surface area contributed by atoms with Crippen LogP contribution in [-0.2, 0) is 0 Å². The molecule has 0 aromatic carbocycles. The number of nitrogens with two attached hydrogens (primary N) is 1. The molecule has 0 radical (unpaired) electrons. The summed E-state index contributed by atoms with van der Waals surface area (Å²) in [6.07, 6.45) is 7.76. The van der Waals surface area contributed by atoms with Gasteiger partial charge in [0.1, 0.15) is 0 Å². The van der Waals surface area contributed by atoms with E-state index in [-0.39, 0.29) is 5.66 Å². The number of nitrogens with zero attached hydrogens (tertiary/aromatic N) is 1. The first kappa shape index (κ1) is 7.76. The van der Waals surface area contributed by atoms with Crippen LogP contribution >= 0.6 is 0 Å². The predicted octanol–water partition coefficient (Wildman–Crippen LogP) is 0.943. The zero-order valence-corrected chi connectivity index (χ0v) is 6.80. The van der Waals surface area contributed by atoms with Crippen LogP contribution in [0.2, 0.25) is 0 Å². The summed E-state index contributed by atoms with van der Waals surface area (Å²) in [6, 6.07) is 0. The van der Waals surface area contributed by atoms with Crippen LogP contribution in [-0.4, -0.2) is 24.7 Å². The SMILES string of the molecule is CN(C)[C@@]1(N)C=CCCC1. The molecule has 10 heavy (non-hydrogen) atoms. The summed E-state index contributed by atoms with van der Waals surface area (Å²) in [6.45, 7) is 0. The van der Waals surface area contributed by atoms with E-state index in [4.69, 9.17) is 5.73 Å². The quantitative estimate of drug-likeness (QED) is 0.434. The van der Waals surface area contributed by atoms with E-state index >= 15 is 0 Å². The molecule has 0 amide bonds. The molecule has 0 saturated heterocycles. The minimum atomic E-state index is -0.168. The summed E-state index contributed by atoms with van der Waals surface area (Å²) in [4.78, 5) is 2.07. The second kappa shape index (κ2) is 2.72. The minimum Gasteiger partial charge on any atom is -0.310 e. The Bertz CT molecular complexity index is 140. The van der Waals surface area contributed by atoms with E-state index in [1.165, 1.54) is 12.8 Å². The van der Waals surface area contributed by atoms with Gasteiger partial charge in [-0.2, -0.15) is 0 Å². The van der Waals surface area contributed by atoms with Gasteiger partial charge in [0.15, 0.2) is 0 Å². The number of hydrogen-bond donors (Lipinski definition) is 1. The van der Waals surface area contributed by atoms with Crippen molar-refractivity contribution in [3.8, 4) is 0 Å². The van der Waals surface area contributed by atoms with Gasteiger partial charge in [0.05, 0.1) is 5.66 Å². The summed E-state index contributed by atoms with van der Waals surface area (Å²) in [5.41, 5.74) is 5.87. The molecular formula is C8H16N2. The van der Waals surface area contributed by atoms with Gasteiger partial charge in [0, 0.05) is 0 Å². The fourth-order valence-electron chi connectivity index (χ4n) is 1.25. The van der Waals surface area contributed by atoms with Crippen LogP contribution in [0.15, 0.2) is 12.2 Å². The van der Waals surface area contributed by atoms with E-state index in [1.807, 2.05) is 14.1 Å². The Morgan fingerprint density at radius 1 is 1.50 bits per heavy atom. The van der Waals surface area contributed by atoms with Crippen LogP contribution < -0.4 is 5.73 Å². The average Bonchev–Trinajstić information content (AvgIpc) is 1.89. The molecule has 0 bridgehead atoms. The summed E-state index contributed by atoms with van der Waals surface area (Å²) in [5, 5.41) is 0. The van der Waals surface area contributed by atoms with Crippen molar-refractivity contribution in [2.75, 3.05) is 14.1 Å². The van der Waals surface area contributed by atoms with Crippen molar-refractivity contribution in [2.24, 2.45) is 5.73 Å². The van der Waals surface area contributed by atoms with Gasteiger partial charge in [-0.15, -0.1) is 0 Å². The Kier molecular flexibility index (Phi) is 2.11. The highest BCUT2D eigenvalue weighted by Crippen LogP contribution is 2.20. The van der Waals surface area contributed by atoms with Crippen molar-refractivity contribution in [1.82, 2.24) is 4.90 Å². The highest BCUT2D eigenvalue weighted by molar-refractivity contribution is 5.06. The van der Waals surface area contributed by atoms with Crippen LogP contribution in [0.1, 0.15) is 19.3 Å². The lowest BCUT2D eigenvalue weighted by Crippen LogP contribution is -2.51. The number of allylic oxidation sites excluding steroid dienone is 1. The van der Waals surface area contributed by atoms with Crippen molar-refractivity contribution in [2.45, 2.75) is 24.9 Å². The topological polar surface area (TPSA) is 29.3 Å². The molecule has 0 spiro atoms. The van der Waals surface area contributed by atoms with Crippen LogP contribution in [0, 0.1) is 0 Å². The zero-order valence-electron chi connectivity index (χ0n) is 6.80. The molecule has 0 saturated carbocycles. The van der Waals surface area contributed by atoms with Gasteiger partial charge in [-0.3, -0.25) is 4.90 Å². The third kappa shape index (κ3) is 1.39. The smallest absolute Gasteiger partial charge is 0.0873 e. The summed E-state index contributed by atoms with van der Waals surface area (Å²) < 4.78 is 0. The van der Waals surface area contributed by atoms with Gasteiger partial charge in [0.2, 0.25) is 0 Å². The van der Waals surface area contributed by atoms with Crippen molar-refractivity contribution >= 4 is 0 Å². The molecule has 58 valence electrons. The van der Waals surface area contributed by atoms with Crippen LogP contribution in [0.3, 0.4) is 0 Å². The van der Waals surface area contributed by atoms with Gasteiger partial charge < -0.3 is 5.73 Å². The average molecular weight is 140 g/mol. The fraction of sp³-hybridized carbons (Fsp3) is 0.750. The molecule has 2 N–H and O–H groups in total. The molecule has 0 aromatic rings. The molecule has 0 aromatic heterocycles. The van der Waals surface area contributed by atoms with Gasteiger partial charge in [0.25, 0.3) is 0 Å². The minimum absolute atomic E-state index is 0.168. The monoisotopic (exact) mass is 140 g/mol. The van der Waals surface area contributed by atoms with Gasteiger partial charge >= 0.3 is 0 Å². The standard InChI is InChI=1S/C8H16N2/c1-10(2)8(9)6-4-3-5-7-8/h4,6H,3,5,7,9H2,1-2H3/t8-/m0/s1. The molecule has 2 heteroatoms. The molecule has 0 unspecified atom stereocenters. The Morgan fingerprint density at radius 3 is 2.50 bits per heavy atom. The Balaban J connectivity index is 2.65. The van der Waals surface area contributed by atoms with E-state index < -0.39 is 0 Å². The van der Waals surface area contributed by atoms with E-state index in [0.717, 1.165) is 6.42 Å². The van der Waals surface area contributed by atoms with E-state index in [9.17, 15) is 0 Å². The highest BCUT2D eigenvalue weighted by atomic mass is 15.2. The Labute approximate surface area is 62.7 Å². The summed E-state index contributed by atoms with van der Waals surface area (Å²) in [5.74, 6) is 0. The molecule has 1 atom stereocenters. The molecule has 1 aliphatic carbocycles. The zero-order chi connectivity index (χ0) is 7.61. The lowest BCUT2D eigenvalue weighted by molar-refractivity contribution is 0.191. The van der Waals surface area contributed by atoms with Crippen molar-refractivity contribution in [1.29, 1.82) is 0 Å².